The van der Waals surface area contributed by atoms with Crippen molar-refractivity contribution < 1.29 is 4.74 Å². The number of ether oxygens (including phenoxy) is 1. The van der Waals surface area contributed by atoms with Crippen molar-refractivity contribution in [2.75, 3.05) is 0 Å². The molecule has 0 amide bonds. The number of rotatable bonds is 5. The SMILES string of the molecule is Cc1cc(-n2nccn2)ccc1OCc1c(C)cccc1-n1nnn(C)c1=O. The molecule has 0 unspecified atom stereocenters. The normalized spacial score (nSPS) is 11.0. The fourth-order valence-corrected chi connectivity index (χ4v) is 2.96. The van der Waals surface area contributed by atoms with Gasteiger partial charge in [-0.25, -0.2) is 4.79 Å². The van der Waals surface area contributed by atoms with Gasteiger partial charge in [0.05, 0.1) is 23.8 Å². The molecule has 4 aromatic rings. The number of hydrogen-bond acceptors (Lipinski definition) is 6. The molecule has 0 radical (unpaired) electrons. The van der Waals surface area contributed by atoms with E-state index in [4.69, 9.17) is 4.74 Å². The fraction of sp³-hybridized carbons (Fsp3) is 0.211. The van der Waals surface area contributed by atoms with Gasteiger partial charge in [0, 0.05) is 12.6 Å². The summed E-state index contributed by atoms with van der Waals surface area (Å²) < 4.78 is 8.54. The third-order valence-corrected chi connectivity index (χ3v) is 4.52. The van der Waals surface area contributed by atoms with Crippen molar-refractivity contribution in [1.82, 2.24) is 34.8 Å². The van der Waals surface area contributed by atoms with Gasteiger partial charge >= 0.3 is 5.69 Å². The van der Waals surface area contributed by atoms with Gasteiger partial charge in [0.25, 0.3) is 0 Å². The Hall–Kier alpha value is -3.75. The summed E-state index contributed by atoms with van der Waals surface area (Å²) in [4.78, 5) is 13.8. The molecule has 28 heavy (non-hydrogen) atoms. The summed E-state index contributed by atoms with van der Waals surface area (Å²) in [6.07, 6.45) is 3.27. The molecule has 9 heteroatoms. The Morgan fingerprint density at radius 1 is 1.00 bits per heavy atom. The molecule has 0 saturated heterocycles. The highest BCUT2D eigenvalue weighted by molar-refractivity contribution is 5.46. The van der Waals surface area contributed by atoms with E-state index >= 15 is 0 Å². The quantitative estimate of drug-likeness (QED) is 0.526. The van der Waals surface area contributed by atoms with E-state index in [1.165, 1.54) is 9.36 Å². The molecular formula is C19H19N7O2. The van der Waals surface area contributed by atoms with Crippen molar-refractivity contribution in [2.45, 2.75) is 20.5 Å². The summed E-state index contributed by atoms with van der Waals surface area (Å²) in [5.41, 5.74) is 4.05. The molecule has 0 aliphatic rings. The summed E-state index contributed by atoms with van der Waals surface area (Å²) in [7, 11) is 1.57. The maximum absolute atomic E-state index is 12.3. The van der Waals surface area contributed by atoms with Crippen LogP contribution < -0.4 is 10.4 Å². The van der Waals surface area contributed by atoms with Crippen molar-refractivity contribution in [1.29, 1.82) is 0 Å². The number of aryl methyl sites for hydroxylation is 3. The number of tetrazole rings is 1. The average Bonchev–Trinajstić information content (AvgIpc) is 3.33. The van der Waals surface area contributed by atoms with Crippen LogP contribution in [0.1, 0.15) is 16.7 Å². The molecule has 4 rings (SSSR count). The van der Waals surface area contributed by atoms with Crippen molar-refractivity contribution in [3.63, 3.8) is 0 Å². The summed E-state index contributed by atoms with van der Waals surface area (Å²) in [6, 6.07) is 11.4. The summed E-state index contributed by atoms with van der Waals surface area (Å²) in [5, 5.41) is 16.0. The predicted octanol–water partition coefficient (Wildman–Crippen LogP) is 1.74. The molecule has 9 nitrogen and oxygen atoms in total. The Balaban J connectivity index is 1.62. The van der Waals surface area contributed by atoms with Crippen LogP contribution in [0.5, 0.6) is 5.75 Å². The number of benzene rings is 2. The lowest BCUT2D eigenvalue weighted by molar-refractivity contribution is 0.302. The van der Waals surface area contributed by atoms with Crippen molar-refractivity contribution >= 4 is 0 Å². The Morgan fingerprint density at radius 2 is 1.79 bits per heavy atom. The minimum Gasteiger partial charge on any atom is -0.489 e. The van der Waals surface area contributed by atoms with Crippen LogP contribution in [0.2, 0.25) is 0 Å². The molecule has 0 bridgehead atoms. The Morgan fingerprint density at radius 3 is 2.46 bits per heavy atom. The zero-order chi connectivity index (χ0) is 19.7. The lowest BCUT2D eigenvalue weighted by atomic mass is 10.1. The molecule has 2 aromatic heterocycles. The van der Waals surface area contributed by atoms with E-state index in [-0.39, 0.29) is 5.69 Å². The van der Waals surface area contributed by atoms with Crippen molar-refractivity contribution in [3.05, 3.63) is 76.0 Å². The number of aromatic nitrogens is 7. The number of nitrogens with zero attached hydrogens (tertiary/aromatic N) is 7. The Bertz CT molecular complexity index is 1180. The van der Waals surface area contributed by atoms with Crippen molar-refractivity contribution in [3.8, 4) is 17.1 Å². The van der Waals surface area contributed by atoms with Crippen molar-refractivity contribution in [2.24, 2.45) is 7.05 Å². The molecular weight excluding hydrogens is 358 g/mol. The second-order valence-corrected chi connectivity index (χ2v) is 6.43. The summed E-state index contributed by atoms with van der Waals surface area (Å²) in [5.74, 6) is 0.747. The molecule has 0 N–H and O–H groups in total. The molecule has 0 atom stereocenters. The van der Waals surface area contributed by atoms with Gasteiger partial charge in [-0.15, -0.1) is 0 Å². The lowest BCUT2D eigenvalue weighted by Gasteiger charge is -2.14. The first-order valence-electron chi connectivity index (χ1n) is 8.72. The third kappa shape index (κ3) is 3.18. The molecule has 0 aliphatic carbocycles. The fourth-order valence-electron chi connectivity index (χ4n) is 2.96. The molecule has 142 valence electrons. The third-order valence-electron chi connectivity index (χ3n) is 4.52. The molecule has 0 aliphatic heterocycles. The zero-order valence-electron chi connectivity index (χ0n) is 15.8. The van der Waals surface area contributed by atoms with Crippen LogP contribution in [0.15, 0.2) is 53.6 Å². The monoisotopic (exact) mass is 377 g/mol. The summed E-state index contributed by atoms with van der Waals surface area (Å²) >= 11 is 0. The van der Waals surface area contributed by atoms with Gasteiger partial charge in [-0.2, -0.15) is 24.4 Å². The molecule has 2 heterocycles. The first-order chi connectivity index (χ1) is 13.5. The minimum atomic E-state index is -0.306. The minimum absolute atomic E-state index is 0.297. The maximum Gasteiger partial charge on any atom is 0.368 e. The van der Waals surface area contributed by atoms with Gasteiger partial charge in [0.2, 0.25) is 0 Å². The van der Waals surface area contributed by atoms with E-state index in [9.17, 15) is 4.79 Å². The van der Waals surface area contributed by atoms with E-state index in [1.807, 2.05) is 50.2 Å². The molecule has 2 aromatic carbocycles. The van der Waals surface area contributed by atoms with Crippen LogP contribution >= 0.6 is 0 Å². The van der Waals surface area contributed by atoms with Crippen LogP contribution in [-0.2, 0) is 13.7 Å². The number of hydrogen-bond donors (Lipinski definition) is 0. The van der Waals surface area contributed by atoms with Gasteiger partial charge in [0.15, 0.2) is 0 Å². The topological polar surface area (TPSA) is 92.7 Å². The lowest BCUT2D eigenvalue weighted by Crippen LogP contribution is -2.23. The van der Waals surface area contributed by atoms with E-state index in [0.29, 0.717) is 12.3 Å². The molecule has 0 fully saturated rings. The van der Waals surface area contributed by atoms with Gasteiger partial charge in [0.1, 0.15) is 12.4 Å². The van der Waals surface area contributed by atoms with Gasteiger partial charge in [-0.3, -0.25) is 0 Å². The van der Waals surface area contributed by atoms with Crippen LogP contribution in [0.4, 0.5) is 0 Å². The van der Waals surface area contributed by atoms with Gasteiger partial charge in [-0.1, -0.05) is 12.1 Å². The maximum atomic E-state index is 12.3. The highest BCUT2D eigenvalue weighted by atomic mass is 16.5. The molecule has 0 spiro atoms. The standard InChI is InChI=1S/C19H19N7O2/c1-13-5-4-6-17(25-19(27)24(3)22-23-25)16(13)12-28-18-8-7-15(11-14(18)2)26-20-9-10-21-26/h4-11H,12H2,1-3H3. The average molecular weight is 377 g/mol. The zero-order valence-corrected chi connectivity index (χ0v) is 15.8. The van der Waals surface area contributed by atoms with E-state index in [1.54, 1.807) is 24.2 Å². The van der Waals surface area contributed by atoms with E-state index < -0.39 is 0 Å². The van der Waals surface area contributed by atoms with Crippen LogP contribution in [0.25, 0.3) is 11.4 Å². The van der Waals surface area contributed by atoms with E-state index in [0.717, 1.165) is 28.1 Å². The highest BCUT2D eigenvalue weighted by Crippen LogP contribution is 2.24. The second-order valence-electron chi connectivity index (χ2n) is 6.43. The van der Waals surface area contributed by atoms with Crippen LogP contribution in [-0.4, -0.2) is 34.8 Å². The first-order valence-corrected chi connectivity index (χ1v) is 8.72. The smallest absolute Gasteiger partial charge is 0.368 e. The van der Waals surface area contributed by atoms with Gasteiger partial charge < -0.3 is 4.74 Å². The highest BCUT2D eigenvalue weighted by Gasteiger charge is 2.14. The predicted molar refractivity (Wildman–Crippen MR) is 102 cm³/mol. The van der Waals surface area contributed by atoms with Gasteiger partial charge in [-0.05, 0) is 59.7 Å². The van der Waals surface area contributed by atoms with E-state index in [2.05, 4.69) is 20.6 Å². The Labute approximate surface area is 160 Å². The van der Waals surface area contributed by atoms with Crippen LogP contribution in [0, 0.1) is 13.8 Å². The first kappa shape index (κ1) is 17.7. The Kier molecular flexibility index (Phi) is 4.48. The summed E-state index contributed by atoms with van der Waals surface area (Å²) in [6.45, 7) is 4.24. The largest absolute Gasteiger partial charge is 0.489 e. The van der Waals surface area contributed by atoms with Crippen LogP contribution in [0.3, 0.4) is 0 Å². The second kappa shape index (κ2) is 7.10. The molecule has 0 saturated carbocycles.